The molecule has 0 radical (unpaired) electrons. The molecule has 0 atom stereocenters. The lowest BCUT2D eigenvalue weighted by Gasteiger charge is -2.38. The van der Waals surface area contributed by atoms with Crippen molar-refractivity contribution >= 4 is 64.2 Å². The standard InChI is InChI=1S/C29H27Cl3F2N4O4S/c1-15(2)37-7-4-8-38(28(37)42)21-10-17-13-36(12-16(17)9-18(21)14-39)27(41)24-22(11-23(29(32,33)34)35-26(24)40)43-25-19(30)5-3-6-20(25)31/h3,5-6,9-11,15,39H,4,7-8,12-14H2,1-2H3,(H,35,40). The first-order valence-electron chi connectivity index (χ1n) is 13.4. The summed E-state index contributed by atoms with van der Waals surface area (Å²) in [6.07, 6.45) is 0.756. The maximum atomic E-state index is 14.1. The van der Waals surface area contributed by atoms with Gasteiger partial charge in [0.2, 0.25) is 0 Å². The first-order chi connectivity index (χ1) is 20.3. The monoisotopic (exact) mass is 670 g/mol. The highest BCUT2D eigenvalue weighted by atomic mass is 35.5. The van der Waals surface area contributed by atoms with Crippen LogP contribution in [0.5, 0.6) is 0 Å². The van der Waals surface area contributed by atoms with Crippen LogP contribution in [0.3, 0.4) is 0 Å². The fourth-order valence-corrected chi connectivity index (χ4v) is 7.02. The third-order valence-corrected chi connectivity index (χ3v) is 9.64. The SMILES string of the molecule is CC(C)N1CCCN(c2cc3c(cc2CO)CN(C(=O)c2c(Sc4c(Cl)cccc4Cl)cc(C(F)(F)Cl)[nH]c2=O)C3)C1=O. The summed E-state index contributed by atoms with van der Waals surface area (Å²) in [5, 5.41) is 6.68. The molecule has 0 saturated carbocycles. The number of aliphatic hydroxyl groups is 1. The van der Waals surface area contributed by atoms with Crippen LogP contribution in [0.2, 0.25) is 10.0 Å². The second-order valence-corrected chi connectivity index (χ2v) is 12.9. The smallest absolute Gasteiger partial charge is 0.362 e. The van der Waals surface area contributed by atoms with Crippen molar-refractivity contribution in [3.8, 4) is 0 Å². The van der Waals surface area contributed by atoms with Crippen LogP contribution in [-0.4, -0.2) is 51.0 Å². The van der Waals surface area contributed by atoms with Crippen LogP contribution < -0.4 is 10.5 Å². The number of benzene rings is 2. The number of aliphatic hydroxyl groups excluding tert-OH is 1. The summed E-state index contributed by atoms with van der Waals surface area (Å²) in [7, 11) is 0. The van der Waals surface area contributed by atoms with E-state index >= 15 is 0 Å². The van der Waals surface area contributed by atoms with Gasteiger partial charge in [-0.3, -0.25) is 14.5 Å². The molecule has 5 rings (SSSR count). The van der Waals surface area contributed by atoms with E-state index in [1.54, 1.807) is 40.1 Å². The number of H-pyrrole nitrogens is 1. The Bertz CT molecular complexity index is 1640. The lowest BCUT2D eigenvalue weighted by Crippen LogP contribution is -2.52. The molecule has 0 unspecified atom stereocenters. The van der Waals surface area contributed by atoms with Gasteiger partial charge < -0.3 is 19.9 Å². The van der Waals surface area contributed by atoms with Crippen LogP contribution in [0.15, 0.2) is 51.0 Å². The van der Waals surface area contributed by atoms with Gasteiger partial charge in [0.15, 0.2) is 0 Å². The highest BCUT2D eigenvalue weighted by molar-refractivity contribution is 7.99. The summed E-state index contributed by atoms with van der Waals surface area (Å²) >= 11 is 18.6. The van der Waals surface area contributed by atoms with Crippen LogP contribution in [0.1, 0.15) is 53.0 Å². The van der Waals surface area contributed by atoms with Crippen molar-refractivity contribution in [1.82, 2.24) is 14.8 Å². The Balaban J connectivity index is 1.51. The molecule has 3 heterocycles. The van der Waals surface area contributed by atoms with Gasteiger partial charge >= 0.3 is 11.4 Å². The first-order valence-corrected chi connectivity index (χ1v) is 15.3. The van der Waals surface area contributed by atoms with Gasteiger partial charge in [-0.25, -0.2) is 4.79 Å². The number of hydrogen-bond donors (Lipinski definition) is 2. The van der Waals surface area contributed by atoms with E-state index in [9.17, 15) is 28.3 Å². The van der Waals surface area contributed by atoms with Crippen molar-refractivity contribution in [3.05, 3.63) is 84.7 Å². The summed E-state index contributed by atoms with van der Waals surface area (Å²) in [5.74, 6) is -0.709. The predicted molar refractivity (Wildman–Crippen MR) is 163 cm³/mol. The molecule has 2 N–H and O–H groups in total. The Morgan fingerprint density at radius 2 is 1.74 bits per heavy atom. The van der Waals surface area contributed by atoms with Crippen molar-refractivity contribution in [2.75, 3.05) is 18.0 Å². The molecule has 3 aromatic rings. The fourth-order valence-electron chi connectivity index (χ4n) is 5.28. The Kier molecular flexibility index (Phi) is 9.02. The number of carbonyl (C=O) groups excluding carboxylic acids is 2. The molecular formula is C29H27Cl3F2N4O4S. The van der Waals surface area contributed by atoms with Gasteiger partial charge in [0.1, 0.15) is 11.3 Å². The van der Waals surface area contributed by atoms with Crippen LogP contribution in [0.4, 0.5) is 19.3 Å². The number of hydrogen-bond acceptors (Lipinski definition) is 5. The zero-order valence-electron chi connectivity index (χ0n) is 23.1. The molecule has 2 aliphatic rings. The molecule has 2 aromatic carbocycles. The number of urea groups is 1. The van der Waals surface area contributed by atoms with Gasteiger partial charge in [-0.05, 0) is 73.3 Å². The highest BCUT2D eigenvalue weighted by Gasteiger charge is 2.36. The molecule has 0 spiro atoms. The Morgan fingerprint density at radius 3 is 2.35 bits per heavy atom. The summed E-state index contributed by atoms with van der Waals surface area (Å²) in [5.41, 5.74) is 0.248. The number of rotatable bonds is 7. The molecule has 8 nitrogen and oxygen atoms in total. The van der Waals surface area contributed by atoms with E-state index in [0.29, 0.717) is 24.3 Å². The molecule has 0 bridgehead atoms. The molecular weight excluding hydrogens is 645 g/mol. The normalized spacial score (nSPS) is 15.5. The van der Waals surface area contributed by atoms with E-state index < -0.39 is 22.5 Å². The minimum atomic E-state index is -3.90. The number of alkyl halides is 3. The van der Waals surface area contributed by atoms with Crippen LogP contribution in [-0.2, 0) is 25.1 Å². The van der Waals surface area contributed by atoms with Gasteiger partial charge in [-0.15, -0.1) is 0 Å². The topological polar surface area (TPSA) is 96.9 Å². The van der Waals surface area contributed by atoms with Crippen molar-refractivity contribution in [2.24, 2.45) is 0 Å². The average molecular weight is 672 g/mol. The molecule has 3 amide bonds. The molecule has 1 aromatic heterocycles. The molecule has 1 saturated heterocycles. The number of anilines is 1. The van der Waals surface area contributed by atoms with Gasteiger partial charge in [-0.1, -0.05) is 41.0 Å². The first kappa shape index (κ1) is 31.6. The number of halogens is 5. The van der Waals surface area contributed by atoms with E-state index in [1.807, 2.05) is 18.8 Å². The van der Waals surface area contributed by atoms with Crippen molar-refractivity contribution in [1.29, 1.82) is 0 Å². The summed E-state index contributed by atoms with van der Waals surface area (Å²) in [6.45, 7) is 4.86. The zero-order chi connectivity index (χ0) is 31.2. The van der Waals surface area contributed by atoms with Crippen LogP contribution in [0, 0.1) is 0 Å². The molecule has 2 aliphatic heterocycles. The van der Waals surface area contributed by atoms with Crippen LogP contribution >= 0.6 is 46.6 Å². The lowest BCUT2D eigenvalue weighted by atomic mass is 10.0. The molecule has 228 valence electrons. The Labute approximate surface area is 265 Å². The third kappa shape index (κ3) is 6.23. The number of carbonyl (C=O) groups is 2. The van der Waals surface area contributed by atoms with Gasteiger partial charge in [-0.2, -0.15) is 8.78 Å². The second kappa shape index (κ2) is 12.3. The van der Waals surface area contributed by atoms with Crippen molar-refractivity contribution < 1.29 is 23.5 Å². The minimum absolute atomic E-state index is 0.00589. The van der Waals surface area contributed by atoms with Crippen LogP contribution in [0.25, 0.3) is 0 Å². The van der Waals surface area contributed by atoms with E-state index in [2.05, 4.69) is 0 Å². The summed E-state index contributed by atoms with van der Waals surface area (Å²) in [6, 6.07) is 9.02. The van der Waals surface area contributed by atoms with E-state index in [-0.39, 0.29) is 57.2 Å². The number of nitrogens with zero attached hydrogens (tertiary/aromatic N) is 3. The fraction of sp³-hybridized carbons (Fsp3) is 0.345. The van der Waals surface area contributed by atoms with Gasteiger partial charge in [0.25, 0.3) is 11.5 Å². The number of nitrogens with one attached hydrogen (secondary N) is 1. The molecule has 43 heavy (non-hydrogen) atoms. The maximum Gasteiger partial charge on any atom is 0.362 e. The lowest BCUT2D eigenvalue weighted by molar-refractivity contribution is 0.0740. The predicted octanol–water partition coefficient (Wildman–Crippen LogP) is 6.81. The van der Waals surface area contributed by atoms with Crippen molar-refractivity contribution in [2.45, 2.75) is 61.2 Å². The summed E-state index contributed by atoms with van der Waals surface area (Å²) < 4.78 is 28.1. The Hall–Kier alpha value is -2.83. The zero-order valence-corrected chi connectivity index (χ0v) is 26.2. The second-order valence-electron chi connectivity index (χ2n) is 10.5. The molecule has 1 fully saturated rings. The van der Waals surface area contributed by atoms with Crippen molar-refractivity contribution in [3.63, 3.8) is 0 Å². The Morgan fingerprint density at radius 1 is 1.09 bits per heavy atom. The van der Waals surface area contributed by atoms with E-state index in [4.69, 9.17) is 34.8 Å². The third-order valence-electron chi connectivity index (χ3n) is 7.40. The van der Waals surface area contributed by atoms with Gasteiger partial charge in [0, 0.05) is 47.6 Å². The number of aromatic nitrogens is 1. The maximum absolute atomic E-state index is 14.1. The largest absolute Gasteiger partial charge is 0.392 e. The minimum Gasteiger partial charge on any atom is -0.392 e. The quantitative estimate of drug-likeness (QED) is 0.269. The molecule has 14 heteroatoms. The molecule has 0 aliphatic carbocycles. The number of pyridine rings is 1. The number of amides is 3. The van der Waals surface area contributed by atoms with E-state index in [1.165, 1.54) is 4.90 Å². The van der Waals surface area contributed by atoms with E-state index in [0.717, 1.165) is 35.4 Å². The number of fused-ring (bicyclic) bond motifs is 1. The van der Waals surface area contributed by atoms with Gasteiger partial charge in [0.05, 0.1) is 22.3 Å². The highest BCUT2D eigenvalue weighted by Crippen LogP contribution is 2.42. The average Bonchev–Trinajstić information content (AvgIpc) is 3.36. The number of aromatic amines is 1. The summed E-state index contributed by atoms with van der Waals surface area (Å²) in [4.78, 5) is 47.3.